The van der Waals surface area contributed by atoms with E-state index in [1.165, 1.54) is 0 Å². The summed E-state index contributed by atoms with van der Waals surface area (Å²) in [5, 5.41) is 20.5. The minimum atomic E-state index is 0.0252. The number of aliphatic hydroxyl groups excluding tert-OH is 1. The van der Waals surface area contributed by atoms with Crippen LogP contribution >= 0.6 is 0 Å². The fraction of sp³-hybridized carbons (Fsp3) is 0.462. The zero-order valence-electron chi connectivity index (χ0n) is 9.85. The molecule has 0 aliphatic heterocycles. The van der Waals surface area contributed by atoms with E-state index in [1.807, 2.05) is 12.1 Å². The van der Waals surface area contributed by atoms with Crippen LogP contribution in [0.1, 0.15) is 24.8 Å². The number of carbonyl (C=O) groups is 1. The van der Waals surface area contributed by atoms with Crippen molar-refractivity contribution < 1.29 is 15.0 Å². The quantitative estimate of drug-likeness (QED) is 0.624. The molecule has 0 spiro atoms. The highest BCUT2D eigenvalue weighted by molar-refractivity contribution is 5.75. The second-order valence-corrected chi connectivity index (χ2v) is 3.95. The number of amides is 1. The molecule has 4 nitrogen and oxygen atoms in total. The van der Waals surface area contributed by atoms with Gasteiger partial charge in [-0.1, -0.05) is 12.1 Å². The van der Waals surface area contributed by atoms with E-state index in [9.17, 15) is 4.79 Å². The van der Waals surface area contributed by atoms with Gasteiger partial charge in [-0.25, -0.2) is 0 Å². The zero-order valence-corrected chi connectivity index (χ0v) is 9.85. The highest BCUT2D eigenvalue weighted by atomic mass is 16.3. The molecule has 1 aromatic rings. The number of carbonyl (C=O) groups excluding carboxylic acids is 1. The lowest BCUT2D eigenvalue weighted by atomic mass is 10.1. The Labute approximate surface area is 101 Å². The standard InChI is InChI=1S/C13H19NO3/c15-10-2-1-3-13(17)14-9-8-11-4-6-12(16)7-5-11/h4-7,15-16H,1-3,8-10H2,(H,14,17). The normalized spacial score (nSPS) is 10.2. The van der Waals surface area contributed by atoms with Crippen LogP contribution in [0.15, 0.2) is 24.3 Å². The zero-order chi connectivity index (χ0) is 12.5. The minimum Gasteiger partial charge on any atom is -0.508 e. The van der Waals surface area contributed by atoms with Crippen molar-refractivity contribution in [3.8, 4) is 5.75 Å². The first kappa shape index (κ1) is 13.5. The lowest BCUT2D eigenvalue weighted by Gasteiger charge is -2.05. The van der Waals surface area contributed by atoms with Gasteiger partial charge in [0.15, 0.2) is 0 Å². The molecule has 0 radical (unpaired) electrons. The van der Waals surface area contributed by atoms with Gasteiger partial charge in [0, 0.05) is 19.6 Å². The first-order chi connectivity index (χ1) is 8.22. The fourth-order valence-corrected chi connectivity index (χ4v) is 1.49. The number of unbranched alkanes of at least 4 members (excludes halogenated alkanes) is 1. The van der Waals surface area contributed by atoms with Crippen molar-refractivity contribution in [3.63, 3.8) is 0 Å². The molecular formula is C13H19NO3. The number of benzene rings is 1. The molecule has 17 heavy (non-hydrogen) atoms. The summed E-state index contributed by atoms with van der Waals surface area (Å²) in [5.41, 5.74) is 1.08. The molecule has 0 fully saturated rings. The summed E-state index contributed by atoms with van der Waals surface area (Å²) >= 11 is 0. The number of phenols is 1. The average molecular weight is 237 g/mol. The van der Waals surface area contributed by atoms with Crippen LogP contribution in [0.5, 0.6) is 5.75 Å². The van der Waals surface area contributed by atoms with Gasteiger partial charge < -0.3 is 15.5 Å². The van der Waals surface area contributed by atoms with Crippen molar-refractivity contribution in [3.05, 3.63) is 29.8 Å². The van der Waals surface area contributed by atoms with Gasteiger partial charge in [-0.15, -0.1) is 0 Å². The van der Waals surface area contributed by atoms with E-state index >= 15 is 0 Å². The molecule has 0 saturated heterocycles. The molecule has 0 aliphatic rings. The maximum Gasteiger partial charge on any atom is 0.220 e. The van der Waals surface area contributed by atoms with Crippen LogP contribution in [0.3, 0.4) is 0 Å². The molecule has 0 saturated carbocycles. The van der Waals surface area contributed by atoms with E-state index in [4.69, 9.17) is 10.2 Å². The third-order valence-electron chi connectivity index (χ3n) is 2.48. The van der Waals surface area contributed by atoms with Gasteiger partial charge in [0.25, 0.3) is 0 Å². The number of nitrogens with one attached hydrogen (secondary N) is 1. The van der Waals surface area contributed by atoms with Crippen molar-refractivity contribution in [1.29, 1.82) is 0 Å². The summed E-state index contributed by atoms with van der Waals surface area (Å²) in [4.78, 5) is 11.3. The Morgan fingerprint density at radius 2 is 1.88 bits per heavy atom. The Hall–Kier alpha value is -1.55. The van der Waals surface area contributed by atoms with Crippen LogP contribution < -0.4 is 5.32 Å². The molecule has 0 aliphatic carbocycles. The maximum absolute atomic E-state index is 11.3. The Kier molecular flexibility index (Phi) is 6.10. The molecular weight excluding hydrogens is 218 g/mol. The van der Waals surface area contributed by atoms with Gasteiger partial charge in [-0.2, -0.15) is 0 Å². The molecule has 0 heterocycles. The predicted octanol–water partition coefficient (Wildman–Crippen LogP) is 1.21. The van der Waals surface area contributed by atoms with Crippen molar-refractivity contribution in [2.75, 3.05) is 13.2 Å². The third kappa shape index (κ3) is 5.92. The summed E-state index contributed by atoms with van der Waals surface area (Å²) in [6, 6.07) is 6.96. The largest absolute Gasteiger partial charge is 0.508 e. The van der Waals surface area contributed by atoms with Crippen LogP contribution in [0.4, 0.5) is 0 Å². The second-order valence-electron chi connectivity index (χ2n) is 3.95. The molecule has 1 rings (SSSR count). The SMILES string of the molecule is O=C(CCCCO)NCCc1ccc(O)cc1. The van der Waals surface area contributed by atoms with Gasteiger partial charge in [0.1, 0.15) is 5.75 Å². The summed E-state index contributed by atoms with van der Waals surface area (Å²) < 4.78 is 0. The molecule has 3 N–H and O–H groups in total. The van der Waals surface area contributed by atoms with Gasteiger partial charge in [0.05, 0.1) is 0 Å². The van der Waals surface area contributed by atoms with Gasteiger partial charge in [-0.05, 0) is 37.0 Å². The average Bonchev–Trinajstić information content (AvgIpc) is 2.32. The van der Waals surface area contributed by atoms with E-state index in [2.05, 4.69) is 5.32 Å². The lowest BCUT2D eigenvalue weighted by molar-refractivity contribution is -0.121. The summed E-state index contributed by atoms with van der Waals surface area (Å²) in [5.74, 6) is 0.277. The van der Waals surface area contributed by atoms with Gasteiger partial charge >= 0.3 is 0 Å². The lowest BCUT2D eigenvalue weighted by Crippen LogP contribution is -2.25. The molecule has 94 valence electrons. The van der Waals surface area contributed by atoms with Crippen molar-refractivity contribution in [2.45, 2.75) is 25.7 Å². The first-order valence-corrected chi connectivity index (χ1v) is 5.88. The Bertz CT molecular complexity index is 335. The molecule has 1 amide bonds. The topological polar surface area (TPSA) is 69.6 Å². The summed E-state index contributed by atoms with van der Waals surface area (Å²) in [6.45, 7) is 0.740. The molecule has 0 aromatic heterocycles. The highest BCUT2D eigenvalue weighted by Crippen LogP contribution is 2.09. The monoisotopic (exact) mass is 237 g/mol. The number of phenolic OH excluding ortho intramolecular Hbond substituents is 1. The van der Waals surface area contributed by atoms with Gasteiger partial charge in [0.2, 0.25) is 5.91 Å². The molecule has 0 bridgehead atoms. The van der Waals surface area contributed by atoms with Crippen molar-refractivity contribution in [1.82, 2.24) is 5.32 Å². The number of aliphatic hydroxyl groups is 1. The Morgan fingerprint density at radius 1 is 1.18 bits per heavy atom. The van der Waals surface area contributed by atoms with E-state index in [0.29, 0.717) is 19.4 Å². The number of hydrogen-bond acceptors (Lipinski definition) is 3. The van der Waals surface area contributed by atoms with Crippen LogP contribution in [0, 0.1) is 0 Å². The molecule has 1 aromatic carbocycles. The second kappa shape index (κ2) is 7.68. The third-order valence-corrected chi connectivity index (χ3v) is 2.48. The smallest absolute Gasteiger partial charge is 0.220 e. The van der Waals surface area contributed by atoms with E-state index in [1.54, 1.807) is 12.1 Å². The Morgan fingerprint density at radius 3 is 2.53 bits per heavy atom. The highest BCUT2D eigenvalue weighted by Gasteiger charge is 2.00. The summed E-state index contributed by atoms with van der Waals surface area (Å²) in [7, 11) is 0. The van der Waals surface area contributed by atoms with Crippen molar-refractivity contribution in [2.24, 2.45) is 0 Å². The molecule has 4 heteroatoms. The van der Waals surface area contributed by atoms with Crippen LogP contribution in [-0.4, -0.2) is 29.3 Å². The first-order valence-electron chi connectivity index (χ1n) is 5.88. The Balaban J connectivity index is 2.14. The maximum atomic E-state index is 11.3. The van der Waals surface area contributed by atoms with Crippen molar-refractivity contribution >= 4 is 5.91 Å². The van der Waals surface area contributed by atoms with Crippen LogP contribution in [0.2, 0.25) is 0 Å². The number of hydrogen-bond donors (Lipinski definition) is 3. The van der Waals surface area contributed by atoms with E-state index in [-0.39, 0.29) is 18.3 Å². The summed E-state index contributed by atoms with van der Waals surface area (Å²) in [6.07, 6.45) is 2.62. The van der Waals surface area contributed by atoms with Crippen LogP contribution in [0.25, 0.3) is 0 Å². The molecule has 0 unspecified atom stereocenters. The minimum absolute atomic E-state index is 0.0252. The van der Waals surface area contributed by atoms with E-state index < -0.39 is 0 Å². The van der Waals surface area contributed by atoms with E-state index in [0.717, 1.165) is 18.4 Å². The number of aromatic hydroxyl groups is 1. The predicted molar refractivity (Wildman–Crippen MR) is 65.8 cm³/mol. The van der Waals surface area contributed by atoms with Gasteiger partial charge in [-0.3, -0.25) is 4.79 Å². The fourth-order valence-electron chi connectivity index (χ4n) is 1.49. The van der Waals surface area contributed by atoms with Crippen LogP contribution in [-0.2, 0) is 11.2 Å². The molecule has 0 atom stereocenters. The number of rotatable bonds is 7.